The zero-order chi connectivity index (χ0) is 15.9. The highest BCUT2D eigenvalue weighted by Gasteiger charge is 2.50. The number of rotatable bonds is 1. The first-order valence-electron chi connectivity index (χ1n) is 7.15. The lowest BCUT2D eigenvalue weighted by Gasteiger charge is -2.33. The molecule has 116 valence electrons. The number of hydrogen-bond donors (Lipinski definition) is 3. The predicted octanol–water partition coefficient (Wildman–Crippen LogP) is -0.456. The van der Waals surface area contributed by atoms with Gasteiger partial charge in [0.2, 0.25) is 11.8 Å². The van der Waals surface area contributed by atoms with E-state index in [4.69, 9.17) is 5.73 Å². The number of likely N-dealkylation sites (tertiary alicyclic amines) is 1. The van der Waals surface area contributed by atoms with Crippen molar-refractivity contribution in [2.45, 2.75) is 12.5 Å². The molecule has 4 N–H and O–H groups in total. The average Bonchev–Trinajstić information content (AvgIpc) is 2.83. The molecule has 1 saturated heterocycles. The van der Waals surface area contributed by atoms with Crippen molar-refractivity contribution in [1.82, 2.24) is 10.2 Å². The van der Waals surface area contributed by atoms with Gasteiger partial charge in [-0.3, -0.25) is 14.4 Å². The Labute approximate surface area is 127 Å². The summed E-state index contributed by atoms with van der Waals surface area (Å²) in [5.74, 6) is -1.21. The van der Waals surface area contributed by atoms with E-state index < -0.39 is 11.5 Å². The lowest BCUT2D eigenvalue weighted by atomic mass is 9.86. The van der Waals surface area contributed by atoms with Crippen molar-refractivity contribution in [1.29, 1.82) is 0 Å². The van der Waals surface area contributed by atoms with Crippen LogP contribution < -0.4 is 16.4 Å². The highest BCUT2D eigenvalue weighted by molar-refractivity contribution is 6.07. The Morgan fingerprint density at radius 1 is 1.41 bits per heavy atom. The maximum Gasteiger partial charge on any atom is 0.253 e. The van der Waals surface area contributed by atoms with Gasteiger partial charge in [0.15, 0.2) is 0 Å². The summed E-state index contributed by atoms with van der Waals surface area (Å²) in [5, 5.41) is 5.72. The summed E-state index contributed by atoms with van der Waals surface area (Å²) in [6, 6.07) is 6.84. The Bertz CT molecular complexity index is 660. The number of amides is 3. The van der Waals surface area contributed by atoms with Crippen LogP contribution in [-0.2, 0) is 9.59 Å². The van der Waals surface area contributed by atoms with E-state index in [2.05, 4.69) is 10.6 Å². The Hall–Kier alpha value is -2.41. The van der Waals surface area contributed by atoms with E-state index in [-0.39, 0.29) is 37.4 Å². The first-order chi connectivity index (χ1) is 10.4. The number of hydrogen-bond acceptors (Lipinski definition) is 4. The fourth-order valence-corrected chi connectivity index (χ4v) is 3.15. The maximum absolute atomic E-state index is 12.5. The lowest BCUT2D eigenvalue weighted by molar-refractivity contribution is -0.129. The van der Waals surface area contributed by atoms with Crippen molar-refractivity contribution >= 4 is 23.4 Å². The van der Waals surface area contributed by atoms with E-state index in [0.717, 1.165) is 0 Å². The van der Waals surface area contributed by atoms with Gasteiger partial charge in [0, 0.05) is 13.1 Å². The van der Waals surface area contributed by atoms with Gasteiger partial charge in [0.25, 0.3) is 5.91 Å². The summed E-state index contributed by atoms with van der Waals surface area (Å²) in [6.45, 7) is 2.20. The van der Waals surface area contributed by atoms with Gasteiger partial charge in [-0.25, -0.2) is 0 Å². The second kappa shape index (κ2) is 5.10. The quantitative estimate of drug-likeness (QED) is 0.653. The molecule has 0 bridgehead atoms. The number of carbonyl (C=O) groups is 3. The summed E-state index contributed by atoms with van der Waals surface area (Å²) in [5.41, 5.74) is 5.49. The summed E-state index contributed by atoms with van der Waals surface area (Å²) in [4.78, 5) is 38.4. The molecular weight excluding hydrogens is 284 g/mol. The molecule has 7 nitrogen and oxygen atoms in total. The van der Waals surface area contributed by atoms with Gasteiger partial charge >= 0.3 is 0 Å². The molecule has 0 aromatic heterocycles. The van der Waals surface area contributed by atoms with E-state index in [9.17, 15) is 14.4 Å². The zero-order valence-corrected chi connectivity index (χ0v) is 12.3. The topological polar surface area (TPSA) is 105 Å². The number of nitrogens with two attached hydrogens (primary N) is 1. The van der Waals surface area contributed by atoms with E-state index in [1.54, 1.807) is 31.2 Å². The molecule has 2 aliphatic heterocycles. The van der Waals surface area contributed by atoms with Crippen molar-refractivity contribution in [3.05, 3.63) is 29.8 Å². The SMILES string of the molecule is C[C@]12CN(C(=O)CN)C[C@H]1C(=O)Nc1ccccc1C(=O)N2. The molecule has 0 unspecified atom stereocenters. The Morgan fingerprint density at radius 3 is 2.86 bits per heavy atom. The van der Waals surface area contributed by atoms with Crippen molar-refractivity contribution in [2.75, 3.05) is 25.0 Å². The summed E-state index contributed by atoms with van der Waals surface area (Å²) in [6.07, 6.45) is 0. The number of nitrogens with one attached hydrogen (secondary N) is 2. The van der Waals surface area contributed by atoms with E-state index in [1.807, 2.05) is 0 Å². The lowest BCUT2D eigenvalue weighted by Crippen LogP contribution is -2.56. The minimum atomic E-state index is -0.806. The van der Waals surface area contributed by atoms with Crippen LogP contribution in [0.5, 0.6) is 0 Å². The number of anilines is 1. The molecule has 7 heteroatoms. The minimum absolute atomic E-state index is 0.113. The predicted molar refractivity (Wildman–Crippen MR) is 80.1 cm³/mol. The molecule has 22 heavy (non-hydrogen) atoms. The zero-order valence-electron chi connectivity index (χ0n) is 12.3. The van der Waals surface area contributed by atoms with Gasteiger partial charge in [-0.1, -0.05) is 12.1 Å². The van der Waals surface area contributed by atoms with Crippen molar-refractivity contribution in [2.24, 2.45) is 11.7 Å². The van der Waals surface area contributed by atoms with E-state index in [1.165, 1.54) is 4.90 Å². The van der Waals surface area contributed by atoms with Gasteiger partial charge in [0.05, 0.1) is 29.3 Å². The average molecular weight is 302 g/mol. The first kappa shape index (κ1) is 14.5. The molecule has 1 aromatic rings. The van der Waals surface area contributed by atoms with Gasteiger partial charge in [0.1, 0.15) is 0 Å². The van der Waals surface area contributed by atoms with Gasteiger partial charge in [-0.15, -0.1) is 0 Å². The highest BCUT2D eigenvalue weighted by atomic mass is 16.2. The smallest absolute Gasteiger partial charge is 0.253 e. The maximum atomic E-state index is 12.5. The van der Waals surface area contributed by atoms with Crippen LogP contribution in [0.2, 0.25) is 0 Å². The molecular formula is C15H18N4O3. The van der Waals surface area contributed by atoms with Crippen molar-refractivity contribution in [3.8, 4) is 0 Å². The Kier molecular flexibility index (Phi) is 3.37. The summed E-state index contributed by atoms with van der Waals surface area (Å²) < 4.78 is 0. The van der Waals surface area contributed by atoms with Crippen LogP contribution in [0.3, 0.4) is 0 Å². The van der Waals surface area contributed by atoms with Crippen molar-refractivity contribution in [3.63, 3.8) is 0 Å². The molecule has 0 spiro atoms. The third-order valence-corrected chi connectivity index (χ3v) is 4.36. The minimum Gasteiger partial charge on any atom is -0.344 e. The van der Waals surface area contributed by atoms with Crippen LogP contribution >= 0.6 is 0 Å². The van der Waals surface area contributed by atoms with Gasteiger partial charge in [-0.05, 0) is 19.1 Å². The second-order valence-electron chi connectivity index (χ2n) is 5.94. The first-order valence-corrected chi connectivity index (χ1v) is 7.15. The molecule has 2 heterocycles. The van der Waals surface area contributed by atoms with E-state index in [0.29, 0.717) is 11.3 Å². The second-order valence-corrected chi connectivity index (χ2v) is 5.94. The van der Waals surface area contributed by atoms with Crippen LogP contribution in [0, 0.1) is 5.92 Å². The molecule has 1 aromatic carbocycles. The largest absolute Gasteiger partial charge is 0.344 e. The number of nitrogens with zero attached hydrogens (tertiary/aromatic N) is 1. The van der Waals surface area contributed by atoms with Gasteiger partial charge in [-0.2, -0.15) is 0 Å². The molecule has 1 fully saturated rings. The standard InChI is InChI=1S/C15H18N4O3/c1-15-8-19(12(20)6-16)7-10(15)14(22)17-11-5-3-2-4-9(11)13(21)18-15/h2-5,10H,6-8,16H2,1H3,(H,17,22)(H,18,21)/t10-,15-/m0/s1. The number of para-hydroxylation sites is 1. The normalized spacial score (nSPS) is 27.2. The molecule has 3 rings (SSSR count). The van der Waals surface area contributed by atoms with Gasteiger partial charge < -0.3 is 21.3 Å². The van der Waals surface area contributed by atoms with Crippen LogP contribution in [0.4, 0.5) is 5.69 Å². The molecule has 0 radical (unpaired) electrons. The number of benzene rings is 1. The molecule has 2 atom stereocenters. The number of fused-ring (bicyclic) bond motifs is 2. The van der Waals surface area contributed by atoms with Crippen molar-refractivity contribution < 1.29 is 14.4 Å². The molecule has 2 aliphatic rings. The third kappa shape index (κ3) is 2.23. The fourth-order valence-electron chi connectivity index (χ4n) is 3.15. The van der Waals surface area contributed by atoms with E-state index >= 15 is 0 Å². The van der Waals surface area contributed by atoms with Crippen LogP contribution in [0.15, 0.2) is 24.3 Å². The summed E-state index contributed by atoms with van der Waals surface area (Å²) in [7, 11) is 0. The Balaban J connectivity index is 1.98. The highest BCUT2D eigenvalue weighted by Crippen LogP contribution is 2.32. The molecule has 0 saturated carbocycles. The third-order valence-electron chi connectivity index (χ3n) is 4.36. The fraction of sp³-hybridized carbons (Fsp3) is 0.400. The Morgan fingerprint density at radius 2 is 2.14 bits per heavy atom. The van der Waals surface area contributed by atoms with Crippen LogP contribution in [0.1, 0.15) is 17.3 Å². The summed E-state index contributed by atoms with van der Waals surface area (Å²) >= 11 is 0. The monoisotopic (exact) mass is 302 g/mol. The van der Waals surface area contributed by atoms with Crippen LogP contribution in [-0.4, -0.2) is 47.8 Å². The van der Waals surface area contributed by atoms with Crippen LogP contribution in [0.25, 0.3) is 0 Å². The molecule has 0 aliphatic carbocycles. The number of carbonyl (C=O) groups excluding carboxylic acids is 3. The molecule has 3 amide bonds.